The smallest absolute Gasteiger partial charge is 0.238 e. The standard InChI is InChI=1S/C23H27N3O/c27-23(24-21-8-10-22(11-9-21)26-14-4-5-15-26)18-25-16-12-20(13-17-25)19-6-2-1-3-7-19/h1-3,6-12H,4-5,13-18H2,(H,24,27). The van der Waals surface area contributed by atoms with Gasteiger partial charge < -0.3 is 10.2 Å². The molecule has 2 aromatic rings. The molecule has 1 fully saturated rings. The number of amides is 1. The Morgan fingerprint density at radius 2 is 1.67 bits per heavy atom. The molecule has 0 bridgehead atoms. The van der Waals surface area contributed by atoms with Gasteiger partial charge in [0, 0.05) is 37.6 Å². The van der Waals surface area contributed by atoms with Crippen LogP contribution in [0.15, 0.2) is 60.7 Å². The molecule has 2 heterocycles. The summed E-state index contributed by atoms with van der Waals surface area (Å²) in [6.07, 6.45) is 5.78. The number of benzene rings is 2. The maximum atomic E-state index is 12.4. The van der Waals surface area contributed by atoms with Gasteiger partial charge in [-0.3, -0.25) is 9.69 Å². The Hall–Kier alpha value is -2.59. The Morgan fingerprint density at radius 3 is 2.33 bits per heavy atom. The first-order valence-electron chi connectivity index (χ1n) is 9.89. The molecule has 4 nitrogen and oxygen atoms in total. The van der Waals surface area contributed by atoms with Crippen LogP contribution in [0.5, 0.6) is 0 Å². The van der Waals surface area contributed by atoms with Gasteiger partial charge in [-0.2, -0.15) is 0 Å². The second-order valence-electron chi connectivity index (χ2n) is 7.37. The van der Waals surface area contributed by atoms with Crippen LogP contribution in [-0.4, -0.2) is 43.5 Å². The number of carbonyl (C=O) groups excluding carboxylic acids is 1. The van der Waals surface area contributed by atoms with Crippen LogP contribution in [0.3, 0.4) is 0 Å². The van der Waals surface area contributed by atoms with Crippen molar-refractivity contribution >= 4 is 22.9 Å². The second-order valence-corrected chi connectivity index (χ2v) is 7.37. The molecule has 2 aliphatic rings. The van der Waals surface area contributed by atoms with Crippen LogP contribution in [0.25, 0.3) is 5.57 Å². The summed E-state index contributed by atoms with van der Waals surface area (Å²) in [5, 5.41) is 3.03. The predicted octanol–water partition coefficient (Wildman–Crippen LogP) is 4.01. The molecule has 2 aromatic carbocycles. The number of nitrogens with one attached hydrogen (secondary N) is 1. The Morgan fingerprint density at radius 1 is 0.926 bits per heavy atom. The summed E-state index contributed by atoms with van der Waals surface area (Å²) in [5.74, 6) is 0.0560. The third kappa shape index (κ3) is 4.58. The van der Waals surface area contributed by atoms with Gasteiger partial charge in [0.05, 0.1) is 6.54 Å². The molecule has 1 N–H and O–H groups in total. The molecular weight excluding hydrogens is 334 g/mol. The van der Waals surface area contributed by atoms with Crippen molar-refractivity contribution in [1.29, 1.82) is 0 Å². The van der Waals surface area contributed by atoms with Crippen molar-refractivity contribution in [2.75, 3.05) is 42.9 Å². The first-order valence-corrected chi connectivity index (χ1v) is 9.89. The highest BCUT2D eigenvalue weighted by molar-refractivity contribution is 5.92. The number of anilines is 2. The highest BCUT2D eigenvalue weighted by Gasteiger charge is 2.16. The number of rotatable bonds is 5. The van der Waals surface area contributed by atoms with Gasteiger partial charge in [-0.25, -0.2) is 0 Å². The summed E-state index contributed by atoms with van der Waals surface area (Å²) < 4.78 is 0. The number of hydrogen-bond donors (Lipinski definition) is 1. The summed E-state index contributed by atoms with van der Waals surface area (Å²) in [4.78, 5) is 17.0. The van der Waals surface area contributed by atoms with E-state index in [4.69, 9.17) is 0 Å². The summed E-state index contributed by atoms with van der Waals surface area (Å²) in [5.41, 5.74) is 4.80. The van der Waals surface area contributed by atoms with Gasteiger partial charge in [0.25, 0.3) is 0 Å². The minimum absolute atomic E-state index is 0.0560. The zero-order valence-electron chi connectivity index (χ0n) is 15.7. The van der Waals surface area contributed by atoms with Crippen LogP contribution >= 0.6 is 0 Å². The molecule has 140 valence electrons. The van der Waals surface area contributed by atoms with E-state index in [1.54, 1.807) is 0 Å². The van der Waals surface area contributed by atoms with Crippen molar-refractivity contribution in [3.05, 3.63) is 66.2 Å². The van der Waals surface area contributed by atoms with Crippen molar-refractivity contribution in [1.82, 2.24) is 4.90 Å². The molecular formula is C23H27N3O. The van der Waals surface area contributed by atoms with E-state index in [0.717, 1.165) is 38.3 Å². The topological polar surface area (TPSA) is 35.6 Å². The number of carbonyl (C=O) groups is 1. The Labute approximate surface area is 161 Å². The zero-order chi connectivity index (χ0) is 18.5. The SMILES string of the molecule is O=C(CN1CC=C(c2ccccc2)CC1)Nc1ccc(N2CCCC2)cc1. The van der Waals surface area contributed by atoms with Crippen molar-refractivity contribution < 1.29 is 4.79 Å². The third-order valence-electron chi connectivity index (χ3n) is 5.43. The average Bonchev–Trinajstić information content (AvgIpc) is 3.25. The lowest BCUT2D eigenvalue weighted by Crippen LogP contribution is -2.36. The number of hydrogen-bond acceptors (Lipinski definition) is 3. The summed E-state index contributed by atoms with van der Waals surface area (Å²) >= 11 is 0. The molecule has 0 atom stereocenters. The minimum atomic E-state index is 0.0560. The fourth-order valence-electron chi connectivity index (χ4n) is 3.90. The molecule has 27 heavy (non-hydrogen) atoms. The molecule has 2 aliphatic heterocycles. The van der Waals surface area contributed by atoms with Gasteiger partial charge in [0.15, 0.2) is 0 Å². The Kier molecular flexibility index (Phi) is 5.54. The molecule has 0 saturated carbocycles. The van der Waals surface area contributed by atoms with E-state index >= 15 is 0 Å². The number of nitrogens with zero attached hydrogens (tertiary/aromatic N) is 2. The molecule has 1 amide bonds. The molecule has 0 unspecified atom stereocenters. The Balaban J connectivity index is 1.28. The molecule has 0 aromatic heterocycles. The van der Waals surface area contributed by atoms with E-state index < -0.39 is 0 Å². The largest absolute Gasteiger partial charge is 0.372 e. The summed E-state index contributed by atoms with van der Waals surface area (Å²) in [7, 11) is 0. The first-order chi connectivity index (χ1) is 13.3. The lowest BCUT2D eigenvalue weighted by atomic mass is 10.00. The van der Waals surface area contributed by atoms with E-state index in [0.29, 0.717) is 6.54 Å². The highest BCUT2D eigenvalue weighted by Crippen LogP contribution is 2.23. The summed E-state index contributed by atoms with van der Waals surface area (Å²) in [6, 6.07) is 18.7. The van der Waals surface area contributed by atoms with Crippen molar-refractivity contribution in [3.63, 3.8) is 0 Å². The van der Waals surface area contributed by atoms with Crippen molar-refractivity contribution in [2.45, 2.75) is 19.3 Å². The fourth-order valence-corrected chi connectivity index (χ4v) is 3.90. The van der Waals surface area contributed by atoms with Crippen molar-refractivity contribution in [2.24, 2.45) is 0 Å². The molecule has 0 radical (unpaired) electrons. The highest BCUT2D eigenvalue weighted by atomic mass is 16.2. The maximum Gasteiger partial charge on any atom is 0.238 e. The monoisotopic (exact) mass is 361 g/mol. The summed E-state index contributed by atoms with van der Waals surface area (Å²) in [6.45, 7) is 4.46. The van der Waals surface area contributed by atoms with Gasteiger partial charge in [-0.05, 0) is 54.7 Å². The van der Waals surface area contributed by atoms with Crippen LogP contribution in [-0.2, 0) is 4.79 Å². The van der Waals surface area contributed by atoms with Gasteiger partial charge in [0.2, 0.25) is 5.91 Å². The van der Waals surface area contributed by atoms with Crippen LogP contribution in [0.4, 0.5) is 11.4 Å². The fraction of sp³-hybridized carbons (Fsp3) is 0.348. The van der Waals surface area contributed by atoms with Gasteiger partial charge in [0.1, 0.15) is 0 Å². The van der Waals surface area contributed by atoms with Gasteiger partial charge in [-0.15, -0.1) is 0 Å². The third-order valence-corrected chi connectivity index (χ3v) is 5.43. The first kappa shape index (κ1) is 17.8. The van der Waals surface area contributed by atoms with Crippen LogP contribution in [0.2, 0.25) is 0 Å². The van der Waals surface area contributed by atoms with E-state index in [-0.39, 0.29) is 5.91 Å². The van der Waals surface area contributed by atoms with Gasteiger partial charge >= 0.3 is 0 Å². The lowest BCUT2D eigenvalue weighted by molar-refractivity contribution is -0.117. The van der Waals surface area contributed by atoms with E-state index in [1.807, 2.05) is 18.2 Å². The Bertz CT molecular complexity index is 792. The van der Waals surface area contributed by atoms with Crippen molar-refractivity contribution in [3.8, 4) is 0 Å². The molecule has 4 rings (SSSR count). The van der Waals surface area contributed by atoms with Crippen LogP contribution in [0.1, 0.15) is 24.8 Å². The molecule has 1 saturated heterocycles. The average molecular weight is 361 g/mol. The zero-order valence-corrected chi connectivity index (χ0v) is 15.7. The van der Waals surface area contributed by atoms with E-state index in [9.17, 15) is 4.79 Å². The lowest BCUT2D eigenvalue weighted by Gasteiger charge is -2.26. The van der Waals surface area contributed by atoms with E-state index in [2.05, 4.69) is 57.6 Å². The molecule has 0 aliphatic carbocycles. The maximum absolute atomic E-state index is 12.4. The van der Waals surface area contributed by atoms with Crippen LogP contribution in [0, 0.1) is 0 Å². The van der Waals surface area contributed by atoms with Gasteiger partial charge in [-0.1, -0.05) is 36.4 Å². The minimum Gasteiger partial charge on any atom is -0.372 e. The predicted molar refractivity (Wildman–Crippen MR) is 112 cm³/mol. The molecule has 0 spiro atoms. The molecule has 4 heteroatoms. The normalized spacial score (nSPS) is 17.6. The quantitative estimate of drug-likeness (QED) is 0.874. The van der Waals surface area contributed by atoms with Crippen LogP contribution < -0.4 is 10.2 Å². The van der Waals surface area contributed by atoms with E-state index in [1.165, 1.54) is 29.7 Å². The second kappa shape index (κ2) is 8.40.